The van der Waals surface area contributed by atoms with Gasteiger partial charge in [-0.2, -0.15) is 0 Å². The molecule has 2 aromatic rings. The third kappa shape index (κ3) is 3.96. The van der Waals surface area contributed by atoms with Gasteiger partial charge in [-0.25, -0.2) is 4.98 Å². The fourth-order valence-corrected chi connectivity index (χ4v) is 1.72. The van der Waals surface area contributed by atoms with E-state index in [2.05, 4.69) is 10.3 Å². The number of rotatable bonds is 4. The van der Waals surface area contributed by atoms with Gasteiger partial charge in [-0.05, 0) is 29.8 Å². The number of benzene rings is 1. The summed E-state index contributed by atoms with van der Waals surface area (Å²) in [6.07, 6.45) is 1.75. The Morgan fingerprint density at radius 3 is 2.89 bits per heavy atom. The first kappa shape index (κ1) is 13.4. The van der Waals surface area contributed by atoms with E-state index in [4.69, 9.17) is 16.3 Å². The molecule has 0 spiro atoms. The second-order valence-electron chi connectivity index (χ2n) is 3.94. The maximum atomic E-state index is 11.8. The van der Waals surface area contributed by atoms with Crippen LogP contribution in [0.2, 0.25) is 5.02 Å². The number of nitrogens with zero attached hydrogens (tertiary/aromatic N) is 1. The summed E-state index contributed by atoms with van der Waals surface area (Å²) in [7, 11) is 1.59. The SMILES string of the molecule is COc1cccc(CC(=O)Nc2ccc(Cl)cn2)c1. The molecule has 98 valence electrons. The minimum atomic E-state index is -0.136. The molecule has 1 heterocycles. The molecule has 0 unspecified atom stereocenters. The number of carbonyl (C=O) groups excluding carboxylic acids is 1. The summed E-state index contributed by atoms with van der Waals surface area (Å²) < 4.78 is 5.11. The lowest BCUT2D eigenvalue weighted by molar-refractivity contribution is -0.115. The number of amides is 1. The fourth-order valence-electron chi connectivity index (χ4n) is 1.60. The molecule has 0 atom stereocenters. The van der Waals surface area contributed by atoms with Gasteiger partial charge in [0.05, 0.1) is 18.6 Å². The van der Waals surface area contributed by atoms with Gasteiger partial charge in [0.15, 0.2) is 0 Å². The van der Waals surface area contributed by atoms with Crippen LogP contribution in [0.25, 0.3) is 0 Å². The molecular weight excluding hydrogens is 264 g/mol. The van der Waals surface area contributed by atoms with E-state index in [0.717, 1.165) is 11.3 Å². The van der Waals surface area contributed by atoms with Crippen LogP contribution < -0.4 is 10.1 Å². The highest BCUT2D eigenvalue weighted by Crippen LogP contribution is 2.14. The molecule has 0 aliphatic rings. The van der Waals surface area contributed by atoms with E-state index in [1.54, 1.807) is 19.2 Å². The molecule has 0 saturated heterocycles. The first-order chi connectivity index (χ1) is 9.17. The van der Waals surface area contributed by atoms with E-state index < -0.39 is 0 Å². The van der Waals surface area contributed by atoms with E-state index in [1.165, 1.54) is 6.20 Å². The summed E-state index contributed by atoms with van der Waals surface area (Å²) in [6, 6.07) is 10.7. The molecule has 1 N–H and O–H groups in total. The maximum absolute atomic E-state index is 11.8. The number of pyridine rings is 1. The van der Waals surface area contributed by atoms with Crippen molar-refractivity contribution in [3.8, 4) is 5.75 Å². The quantitative estimate of drug-likeness (QED) is 0.934. The largest absolute Gasteiger partial charge is 0.497 e. The standard InChI is InChI=1S/C14H13ClN2O2/c1-19-12-4-2-3-10(7-12)8-14(18)17-13-6-5-11(15)9-16-13/h2-7,9H,8H2,1H3,(H,16,17,18). The van der Waals surface area contributed by atoms with E-state index in [9.17, 15) is 4.79 Å². The number of hydrogen-bond donors (Lipinski definition) is 1. The molecule has 1 aromatic carbocycles. The van der Waals surface area contributed by atoms with Gasteiger partial charge in [0.1, 0.15) is 11.6 Å². The zero-order chi connectivity index (χ0) is 13.7. The van der Waals surface area contributed by atoms with Crippen molar-refractivity contribution in [1.82, 2.24) is 4.98 Å². The first-order valence-electron chi connectivity index (χ1n) is 5.72. The lowest BCUT2D eigenvalue weighted by Gasteiger charge is -2.06. The summed E-state index contributed by atoms with van der Waals surface area (Å²) in [4.78, 5) is 15.8. The van der Waals surface area contributed by atoms with Crippen molar-refractivity contribution in [1.29, 1.82) is 0 Å². The Hall–Kier alpha value is -2.07. The number of nitrogens with one attached hydrogen (secondary N) is 1. The second kappa shape index (κ2) is 6.20. The summed E-state index contributed by atoms with van der Waals surface area (Å²) in [6.45, 7) is 0. The van der Waals surface area contributed by atoms with Gasteiger partial charge in [-0.15, -0.1) is 0 Å². The van der Waals surface area contributed by atoms with E-state index >= 15 is 0 Å². The number of halogens is 1. The van der Waals surface area contributed by atoms with Gasteiger partial charge in [0.2, 0.25) is 5.91 Å². The van der Waals surface area contributed by atoms with Gasteiger partial charge in [0.25, 0.3) is 0 Å². The average Bonchev–Trinajstić information content (AvgIpc) is 2.41. The predicted molar refractivity (Wildman–Crippen MR) is 74.6 cm³/mol. The molecule has 0 bridgehead atoms. The van der Waals surface area contributed by atoms with Crippen molar-refractivity contribution in [2.75, 3.05) is 12.4 Å². The van der Waals surface area contributed by atoms with E-state index in [-0.39, 0.29) is 12.3 Å². The van der Waals surface area contributed by atoms with Crippen molar-refractivity contribution in [2.24, 2.45) is 0 Å². The van der Waals surface area contributed by atoms with Gasteiger partial charge in [-0.3, -0.25) is 4.79 Å². The topological polar surface area (TPSA) is 51.2 Å². The monoisotopic (exact) mass is 276 g/mol. The molecular formula is C14H13ClN2O2. The van der Waals surface area contributed by atoms with Gasteiger partial charge >= 0.3 is 0 Å². The Kier molecular flexibility index (Phi) is 4.36. The van der Waals surface area contributed by atoms with Crippen molar-refractivity contribution in [2.45, 2.75) is 6.42 Å². The average molecular weight is 277 g/mol. The zero-order valence-electron chi connectivity index (χ0n) is 10.4. The van der Waals surface area contributed by atoms with Crippen LogP contribution in [0.15, 0.2) is 42.6 Å². The highest BCUT2D eigenvalue weighted by Gasteiger charge is 2.05. The lowest BCUT2D eigenvalue weighted by Crippen LogP contribution is -2.15. The van der Waals surface area contributed by atoms with Crippen LogP contribution in [0, 0.1) is 0 Å². The molecule has 2 rings (SSSR count). The van der Waals surface area contributed by atoms with Gasteiger partial charge < -0.3 is 10.1 Å². The molecule has 0 aliphatic carbocycles. The van der Waals surface area contributed by atoms with Crippen LogP contribution in [-0.4, -0.2) is 18.0 Å². The molecule has 1 amide bonds. The fraction of sp³-hybridized carbons (Fsp3) is 0.143. The molecule has 1 aromatic heterocycles. The lowest BCUT2D eigenvalue weighted by atomic mass is 10.1. The Morgan fingerprint density at radius 1 is 1.37 bits per heavy atom. The third-order valence-corrected chi connectivity index (χ3v) is 2.72. The summed E-state index contributed by atoms with van der Waals surface area (Å²) in [5, 5.41) is 3.24. The van der Waals surface area contributed by atoms with Crippen LogP contribution in [0.4, 0.5) is 5.82 Å². The summed E-state index contributed by atoms with van der Waals surface area (Å²) >= 11 is 5.72. The van der Waals surface area contributed by atoms with Crippen LogP contribution >= 0.6 is 11.6 Å². The number of anilines is 1. The molecule has 19 heavy (non-hydrogen) atoms. The number of hydrogen-bond acceptors (Lipinski definition) is 3. The highest BCUT2D eigenvalue weighted by molar-refractivity contribution is 6.30. The molecule has 0 fully saturated rings. The Labute approximate surface area is 116 Å². The van der Waals surface area contributed by atoms with Crippen LogP contribution in [-0.2, 0) is 11.2 Å². The van der Waals surface area contributed by atoms with E-state index in [1.807, 2.05) is 24.3 Å². The molecule has 0 aliphatic heterocycles. The number of carbonyl (C=O) groups is 1. The number of methoxy groups -OCH3 is 1. The zero-order valence-corrected chi connectivity index (χ0v) is 11.1. The Bertz CT molecular complexity index is 570. The second-order valence-corrected chi connectivity index (χ2v) is 4.37. The van der Waals surface area contributed by atoms with E-state index in [0.29, 0.717) is 10.8 Å². The smallest absolute Gasteiger partial charge is 0.229 e. The van der Waals surface area contributed by atoms with Gasteiger partial charge in [0, 0.05) is 6.20 Å². The third-order valence-electron chi connectivity index (χ3n) is 2.49. The van der Waals surface area contributed by atoms with Crippen LogP contribution in [0.3, 0.4) is 0 Å². The Morgan fingerprint density at radius 2 is 2.21 bits per heavy atom. The number of aromatic nitrogens is 1. The maximum Gasteiger partial charge on any atom is 0.229 e. The number of ether oxygens (including phenoxy) is 1. The first-order valence-corrected chi connectivity index (χ1v) is 6.09. The molecule has 5 heteroatoms. The summed E-state index contributed by atoms with van der Waals surface area (Å²) in [5.74, 6) is 1.08. The molecule has 0 radical (unpaired) electrons. The van der Waals surface area contributed by atoms with Gasteiger partial charge in [-0.1, -0.05) is 23.7 Å². The van der Waals surface area contributed by atoms with Crippen LogP contribution in [0.5, 0.6) is 5.75 Å². The van der Waals surface area contributed by atoms with Crippen molar-refractivity contribution >= 4 is 23.3 Å². The van der Waals surface area contributed by atoms with Crippen molar-refractivity contribution < 1.29 is 9.53 Å². The normalized spacial score (nSPS) is 10.0. The Balaban J connectivity index is 1.99. The van der Waals surface area contributed by atoms with Crippen molar-refractivity contribution in [3.63, 3.8) is 0 Å². The minimum Gasteiger partial charge on any atom is -0.497 e. The summed E-state index contributed by atoms with van der Waals surface area (Å²) in [5.41, 5.74) is 0.880. The molecule has 0 saturated carbocycles. The van der Waals surface area contributed by atoms with Crippen LogP contribution in [0.1, 0.15) is 5.56 Å². The predicted octanol–water partition coefficient (Wildman–Crippen LogP) is 2.92. The van der Waals surface area contributed by atoms with Crippen molar-refractivity contribution in [3.05, 3.63) is 53.2 Å². The minimum absolute atomic E-state index is 0.136. The highest BCUT2D eigenvalue weighted by atomic mass is 35.5. The molecule has 4 nitrogen and oxygen atoms in total.